The first-order chi connectivity index (χ1) is 6.86. The van der Waals surface area contributed by atoms with Gasteiger partial charge in [0.05, 0.1) is 11.8 Å². The third-order valence-corrected chi connectivity index (χ3v) is 2.67. The van der Waals surface area contributed by atoms with E-state index >= 15 is 0 Å². The smallest absolute Gasteiger partial charge is 0.116 e. The highest BCUT2D eigenvalue weighted by Gasteiger charge is 2.12. The van der Waals surface area contributed by atoms with Crippen molar-refractivity contribution in [3.63, 3.8) is 0 Å². The molecular formula is C11H7NOS. The van der Waals surface area contributed by atoms with Gasteiger partial charge < -0.3 is 4.42 Å². The van der Waals surface area contributed by atoms with Crippen LogP contribution in [0.15, 0.2) is 46.1 Å². The van der Waals surface area contributed by atoms with E-state index in [1.807, 2.05) is 24.3 Å². The second-order valence-electron chi connectivity index (χ2n) is 3.14. The highest BCUT2D eigenvalue weighted by atomic mass is 32.1. The summed E-state index contributed by atoms with van der Waals surface area (Å²) in [6, 6.07) is 7.82. The van der Waals surface area contributed by atoms with Crippen LogP contribution in [-0.2, 0) is 0 Å². The summed E-state index contributed by atoms with van der Waals surface area (Å²) in [4.78, 5) is 5.39. The van der Waals surface area contributed by atoms with Crippen molar-refractivity contribution in [1.82, 2.24) is 4.98 Å². The van der Waals surface area contributed by atoms with Crippen LogP contribution < -0.4 is 0 Å². The van der Waals surface area contributed by atoms with E-state index in [1.54, 1.807) is 12.5 Å². The van der Waals surface area contributed by atoms with E-state index in [2.05, 4.69) is 17.6 Å². The average Bonchev–Trinajstić information content (AvgIpc) is 2.57. The van der Waals surface area contributed by atoms with Crippen LogP contribution in [0.5, 0.6) is 0 Å². The fourth-order valence-corrected chi connectivity index (χ4v) is 2.01. The average molecular weight is 201 g/mol. The zero-order chi connectivity index (χ0) is 9.54. The minimum absolute atomic E-state index is 0.879. The van der Waals surface area contributed by atoms with Gasteiger partial charge in [0.1, 0.15) is 12.0 Å². The molecule has 0 aromatic heterocycles. The maximum absolute atomic E-state index is 5.07. The zero-order valence-corrected chi connectivity index (χ0v) is 8.16. The summed E-state index contributed by atoms with van der Waals surface area (Å²) >= 11 is 4.42. The topological polar surface area (TPSA) is 26.0 Å². The van der Waals surface area contributed by atoms with Crippen LogP contribution in [0.3, 0.4) is 0 Å². The van der Waals surface area contributed by atoms with Gasteiger partial charge in [-0.15, -0.1) is 12.6 Å². The molecule has 2 aliphatic heterocycles. The molecule has 68 valence electrons. The molecule has 0 spiro atoms. The quantitative estimate of drug-likeness (QED) is 0.565. The van der Waals surface area contributed by atoms with E-state index in [1.165, 1.54) is 0 Å². The molecule has 0 saturated carbocycles. The second-order valence-corrected chi connectivity index (χ2v) is 3.62. The highest BCUT2D eigenvalue weighted by molar-refractivity contribution is 7.80. The van der Waals surface area contributed by atoms with Gasteiger partial charge >= 0.3 is 0 Å². The van der Waals surface area contributed by atoms with Crippen molar-refractivity contribution >= 4 is 23.5 Å². The number of rotatable bonds is 0. The van der Waals surface area contributed by atoms with Gasteiger partial charge in [-0.3, -0.25) is 0 Å². The first kappa shape index (κ1) is 7.88. The Morgan fingerprint density at radius 3 is 3.07 bits per heavy atom. The molecule has 0 atom stereocenters. The Morgan fingerprint density at radius 1 is 1.21 bits per heavy atom. The summed E-state index contributed by atoms with van der Waals surface area (Å²) in [6.45, 7) is 0. The van der Waals surface area contributed by atoms with Crippen molar-refractivity contribution in [3.05, 3.63) is 36.8 Å². The Labute approximate surface area is 86.3 Å². The molecule has 1 aromatic carbocycles. The normalized spacial score (nSPS) is 11.2. The standard InChI is InChI=1S/C11H7NOS/c14-10-3-1-2-8-11(10)7-4-5-13-6-9(7)12-8/h1-6,14H. The fourth-order valence-electron chi connectivity index (χ4n) is 1.69. The van der Waals surface area contributed by atoms with Crippen LogP contribution in [-0.4, -0.2) is 4.98 Å². The van der Waals surface area contributed by atoms with Gasteiger partial charge in [-0.2, -0.15) is 0 Å². The Morgan fingerprint density at radius 2 is 2.14 bits per heavy atom. The Bertz CT molecular complexity index is 573. The van der Waals surface area contributed by atoms with Crippen LogP contribution >= 0.6 is 12.6 Å². The molecule has 3 rings (SSSR count). The lowest BCUT2D eigenvalue weighted by molar-refractivity contribution is 0.550. The van der Waals surface area contributed by atoms with Crippen molar-refractivity contribution in [2.24, 2.45) is 0 Å². The molecule has 14 heavy (non-hydrogen) atoms. The fraction of sp³-hybridized carbons (Fsp3) is 0. The van der Waals surface area contributed by atoms with Crippen molar-refractivity contribution < 1.29 is 4.42 Å². The second kappa shape index (κ2) is 2.75. The van der Waals surface area contributed by atoms with Gasteiger partial charge in [0.25, 0.3) is 0 Å². The lowest BCUT2D eigenvalue weighted by atomic mass is 10.1. The van der Waals surface area contributed by atoms with Gasteiger partial charge in [0.15, 0.2) is 0 Å². The molecule has 1 aromatic rings. The molecule has 0 unspecified atom stereocenters. The Kier molecular flexibility index (Phi) is 1.55. The van der Waals surface area contributed by atoms with Crippen molar-refractivity contribution in [2.45, 2.75) is 4.90 Å². The van der Waals surface area contributed by atoms with Crippen LogP contribution in [0.4, 0.5) is 0 Å². The van der Waals surface area contributed by atoms with E-state index in [-0.39, 0.29) is 0 Å². The molecule has 0 radical (unpaired) electrons. The molecule has 0 fully saturated rings. The molecule has 0 aliphatic carbocycles. The zero-order valence-electron chi connectivity index (χ0n) is 7.27. The molecular weight excluding hydrogens is 194 g/mol. The summed E-state index contributed by atoms with van der Waals surface area (Å²) in [7, 11) is 0. The molecule has 0 bridgehead atoms. The lowest BCUT2D eigenvalue weighted by Crippen LogP contribution is -1.73. The lowest BCUT2D eigenvalue weighted by Gasteiger charge is -1.96. The third kappa shape index (κ3) is 0.960. The van der Waals surface area contributed by atoms with Gasteiger partial charge in [0, 0.05) is 15.8 Å². The third-order valence-electron chi connectivity index (χ3n) is 2.30. The number of aromatic nitrogens is 1. The summed E-state index contributed by atoms with van der Waals surface area (Å²) in [5.74, 6) is 0. The van der Waals surface area contributed by atoms with Crippen LogP contribution in [0.2, 0.25) is 0 Å². The van der Waals surface area contributed by atoms with Crippen LogP contribution in [0.25, 0.3) is 22.2 Å². The van der Waals surface area contributed by atoms with Gasteiger partial charge in [-0.1, -0.05) is 6.07 Å². The predicted molar refractivity (Wildman–Crippen MR) is 57.9 cm³/mol. The van der Waals surface area contributed by atoms with Crippen molar-refractivity contribution in [2.75, 3.05) is 0 Å². The molecule has 2 aliphatic rings. The van der Waals surface area contributed by atoms with Crippen LogP contribution in [0, 0.1) is 0 Å². The summed E-state index contributed by atoms with van der Waals surface area (Å²) in [5.41, 5.74) is 2.94. The van der Waals surface area contributed by atoms with E-state index in [9.17, 15) is 0 Å². The van der Waals surface area contributed by atoms with E-state index < -0.39 is 0 Å². The first-order valence-corrected chi connectivity index (χ1v) is 4.74. The maximum Gasteiger partial charge on any atom is 0.116 e. The monoisotopic (exact) mass is 201 g/mol. The van der Waals surface area contributed by atoms with E-state index in [4.69, 9.17) is 4.42 Å². The van der Waals surface area contributed by atoms with E-state index in [0.717, 1.165) is 27.1 Å². The molecule has 0 saturated heterocycles. The predicted octanol–water partition coefficient (Wildman–Crippen LogP) is 3.22. The summed E-state index contributed by atoms with van der Waals surface area (Å²) in [5, 5.41) is 1.10. The molecule has 3 heteroatoms. The first-order valence-electron chi connectivity index (χ1n) is 4.30. The number of hydrogen-bond donors (Lipinski definition) is 1. The van der Waals surface area contributed by atoms with Crippen molar-refractivity contribution in [3.8, 4) is 11.3 Å². The summed E-state index contributed by atoms with van der Waals surface area (Å²) in [6.07, 6.45) is 3.31. The highest BCUT2D eigenvalue weighted by Crippen LogP contribution is 2.34. The SMILES string of the molecule is Sc1cccc2nc3coccc-3c12. The van der Waals surface area contributed by atoms with Crippen LogP contribution in [0.1, 0.15) is 0 Å². The van der Waals surface area contributed by atoms with Gasteiger partial charge in [0.2, 0.25) is 0 Å². The minimum atomic E-state index is 0.879. The Balaban J connectivity index is 2.58. The van der Waals surface area contributed by atoms with Gasteiger partial charge in [-0.25, -0.2) is 4.98 Å². The van der Waals surface area contributed by atoms with E-state index in [0.29, 0.717) is 0 Å². The number of hydrogen-bond acceptors (Lipinski definition) is 3. The number of thiol groups is 1. The van der Waals surface area contributed by atoms with Gasteiger partial charge in [-0.05, 0) is 18.2 Å². The molecule has 2 nitrogen and oxygen atoms in total. The maximum atomic E-state index is 5.07. The summed E-state index contributed by atoms with van der Waals surface area (Å²) < 4.78 is 5.07. The molecule has 0 amide bonds. The number of nitrogens with zero attached hydrogens (tertiary/aromatic N) is 1. The number of fused-ring (bicyclic) bond motifs is 3. The molecule has 2 heterocycles. The largest absolute Gasteiger partial charge is 0.470 e. The Hall–Kier alpha value is -1.48. The molecule has 0 N–H and O–H groups in total. The minimum Gasteiger partial charge on any atom is -0.470 e. The van der Waals surface area contributed by atoms with Crippen molar-refractivity contribution in [1.29, 1.82) is 0 Å². The number of benzene rings is 1.